The molecule has 0 aliphatic carbocycles. The average Bonchev–Trinajstić information content (AvgIpc) is 2.87. The second-order valence-electron chi connectivity index (χ2n) is 3.68. The number of carbonyl (C=O) groups excluding carboxylic acids is 1. The van der Waals surface area contributed by atoms with Gasteiger partial charge in [0, 0.05) is 5.69 Å². The number of aromatic nitrogens is 3. The summed E-state index contributed by atoms with van der Waals surface area (Å²) in [5.74, 6) is 0.540. The van der Waals surface area contributed by atoms with Crippen molar-refractivity contribution in [3.63, 3.8) is 0 Å². The van der Waals surface area contributed by atoms with E-state index in [1.165, 1.54) is 0 Å². The molecule has 0 aliphatic heterocycles. The number of nitrogens with zero attached hydrogens (tertiary/aromatic N) is 2. The topological polar surface area (TPSA) is 103 Å². The third-order valence-electron chi connectivity index (χ3n) is 2.25. The van der Waals surface area contributed by atoms with Crippen LogP contribution in [-0.2, 0) is 11.3 Å². The highest BCUT2D eigenvalue weighted by Gasteiger charge is 2.13. The Morgan fingerprint density at radius 2 is 2.11 bits per heavy atom. The molecule has 0 atom stereocenters. The van der Waals surface area contributed by atoms with Gasteiger partial charge in [-0.2, -0.15) is 0 Å². The minimum Gasteiger partial charge on any atom is -0.486 e. The Hall–Kier alpha value is -2.57. The Balaban J connectivity index is 1.93. The van der Waals surface area contributed by atoms with Crippen LogP contribution in [0, 0.1) is 0 Å². The summed E-state index contributed by atoms with van der Waals surface area (Å²) in [6.07, 6.45) is 0. The maximum absolute atomic E-state index is 11.3. The fraction of sp³-hybridized carbons (Fsp3) is 0.250. The quantitative estimate of drug-likeness (QED) is 0.618. The van der Waals surface area contributed by atoms with Crippen LogP contribution in [-0.4, -0.2) is 27.8 Å². The van der Waals surface area contributed by atoms with E-state index in [2.05, 4.69) is 15.2 Å². The number of aromatic amines is 1. The first kappa shape index (κ1) is 12.9. The van der Waals surface area contributed by atoms with Crippen molar-refractivity contribution in [1.82, 2.24) is 15.2 Å². The monoisotopic (exact) mass is 262 g/mol. The van der Waals surface area contributed by atoms with Crippen LogP contribution in [0.3, 0.4) is 0 Å². The largest absolute Gasteiger partial charge is 0.486 e. The van der Waals surface area contributed by atoms with E-state index in [0.717, 1.165) is 0 Å². The van der Waals surface area contributed by atoms with Gasteiger partial charge in [0.1, 0.15) is 12.4 Å². The van der Waals surface area contributed by atoms with Crippen LogP contribution in [0.15, 0.2) is 24.3 Å². The molecule has 0 bridgehead atoms. The Kier molecular flexibility index (Phi) is 3.97. The van der Waals surface area contributed by atoms with Crippen LogP contribution >= 0.6 is 0 Å². The Bertz CT molecular complexity index is 550. The molecule has 0 spiro atoms. The van der Waals surface area contributed by atoms with Crippen molar-refractivity contribution in [3.05, 3.63) is 35.9 Å². The molecule has 0 radical (unpaired) electrons. The molecule has 0 saturated heterocycles. The van der Waals surface area contributed by atoms with Crippen LogP contribution in [0.5, 0.6) is 5.75 Å². The van der Waals surface area contributed by atoms with Crippen LogP contribution in [0.4, 0.5) is 5.69 Å². The Morgan fingerprint density at radius 1 is 1.37 bits per heavy atom. The Morgan fingerprint density at radius 3 is 2.79 bits per heavy atom. The van der Waals surface area contributed by atoms with Crippen molar-refractivity contribution in [1.29, 1.82) is 0 Å². The zero-order valence-corrected chi connectivity index (χ0v) is 10.4. The molecule has 0 amide bonds. The minimum absolute atomic E-state index is 0.00208. The number of H-pyrrole nitrogens is 1. The van der Waals surface area contributed by atoms with Gasteiger partial charge in [0.15, 0.2) is 5.82 Å². The maximum Gasteiger partial charge on any atom is 0.378 e. The molecule has 0 saturated carbocycles. The smallest absolute Gasteiger partial charge is 0.378 e. The molecule has 1 heterocycles. The normalized spacial score (nSPS) is 10.2. The predicted molar refractivity (Wildman–Crippen MR) is 67.5 cm³/mol. The number of esters is 1. The first-order chi connectivity index (χ1) is 9.19. The van der Waals surface area contributed by atoms with E-state index in [4.69, 9.17) is 15.2 Å². The number of carbonyl (C=O) groups is 1. The molecule has 1 aromatic carbocycles. The van der Waals surface area contributed by atoms with Crippen molar-refractivity contribution >= 4 is 11.7 Å². The molecule has 1 aromatic heterocycles. The van der Waals surface area contributed by atoms with Crippen molar-refractivity contribution in [2.24, 2.45) is 0 Å². The first-order valence-corrected chi connectivity index (χ1v) is 5.75. The summed E-state index contributed by atoms with van der Waals surface area (Å²) in [5.41, 5.74) is 6.23. The average molecular weight is 262 g/mol. The van der Waals surface area contributed by atoms with Gasteiger partial charge in [-0.15, -0.1) is 5.10 Å². The van der Waals surface area contributed by atoms with Gasteiger partial charge in [0.05, 0.1) is 6.61 Å². The SMILES string of the molecule is CCOC(=O)c1n[nH]c(COc2ccc(N)cc2)n1. The standard InChI is InChI=1S/C12H14N4O3/c1-2-18-12(17)11-14-10(15-16-11)7-19-9-5-3-8(13)4-6-9/h3-6H,2,7,13H2,1H3,(H,14,15,16). The van der Waals surface area contributed by atoms with Crippen LogP contribution in [0.1, 0.15) is 23.4 Å². The number of hydrogen-bond acceptors (Lipinski definition) is 6. The van der Waals surface area contributed by atoms with Gasteiger partial charge in [0.2, 0.25) is 0 Å². The van der Waals surface area contributed by atoms with Crippen molar-refractivity contribution in [2.75, 3.05) is 12.3 Å². The lowest BCUT2D eigenvalue weighted by Gasteiger charge is -2.03. The van der Waals surface area contributed by atoms with Crippen LogP contribution in [0.25, 0.3) is 0 Å². The Labute approximate surface area is 109 Å². The van der Waals surface area contributed by atoms with Gasteiger partial charge in [-0.1, -0.05) is 0 Å². The molecule has 7 heteroatoms. The van der Waals surface area contributed by atoms with Gasteiger partial charge < -0.3 is 15.2 Å². The van der Waals surface area contributed by atoms with Gasteiger partial charge in [-0.25, -0.2) is 9.78 Å². The molecular formula is C12H14N4O3. The minimum atomic E-state index is -0.558. The van der Waals surface area contributed by atoms with E-state index in [-0.39, 0.29) is 19.0 Å². The summed E-state index contributed by atoms with van der Waals surface area (Å²) in [6.45, 7) is 2.18. The molecule has 100 valence electrons. The van der Waals surface area contributed by atoms with Crippen LogP contribution < -0.4 is 10.5 Å². The lowest BCUT2D eigenvalue weighted by molar-refractivity contribution is 0.0512. The summed E-state index contributed by atoms with van der Waals surface area (Å²) in [5, 5.41) is 6.37. The number of rotatable bonds is 5. The zero-order valence-electron chi connectivity index (χ0n) is 10.4. The highest BCUT2D eigenvalue weighted by molar-refractivity contribution is 5.84. The first-order valence-electron chi connectivity index (χ1n) is 5.75. The molecule has 0 aliphatic rings. The number of hydrogen-bond donors (Lipinski definition) is 2. The van der Waals surface area contributed by atoms with E-state index in [9.17, 15) is 4.79 Å². The highest BCUT2D eigenvalue weighted by Crippen LogP contribution is 2.14. The number of ether oxygens (including phenoxy) is 2. The summed E-state index contributed by atoms with van der Waals surface area (Å²) in [4.78, 5) is 15.3. The summed E-state index contributed by atoms with van der Waals surface area (Å²) >= 11 is 0. The maximum atomic E-state index is 11.3. The van der Waals surface area contributed by atoms with E-state index in [1.54, 1.807) is 31.2 Å². The van der Waals surface area contributed by atoms with Crippen molar-refractivity contribution in [2.45, 2.75) is 13.5 Å². The molecule has 0 unspecified atom stereocenters. The number of anilines is 1. The third kappa shape index (κ3) is 3.44. The van der Waals surface area contributed by atoms with Crippen LogP contribution in [0.2, 0.25) is 0 Å². The number of nitrogens with one attached hydrogen (secondary N) is 1. The van der Waals surface area contributed by atoms with E-state index in [1.807, 2.05) is 0 Å². The van der Waals surface area contributed by atoms with E-state index >= 15 is 0 Å². The predicted octanol–water partition coefficient (Wildman–Crippen LogP) is 1.14. The van der Waals surface area contributed by atoms with Crippen molar-refractivity contribution in [3.8, 4) is 5.75 Å². The summed E-state index contributed by atoms with van der Waals surface area (Å²) in [6, 6.07) is 6.97. The zero-order chi connectivity index (χ0) is 13.7. The summed E-state index contributed by atoms with van der Waals surface area (Å²) in [7, 11) is 0. The van der Waals surface area contributed by atoms with Gasteiger partial charge in [-0.3, -0.25) is 5.10 Å². The fourth-order valence-corrected chi connectivity index (χ4v) is 1.36. The molecule has 7 nitrogen and oxygen atoms in total. The molecule has 2 rings (SSSR count). The lowest BCUT2D eigenvalue weighted by Crippen LogP contribution is -2.07. The fourth-order valence-electron chi connectivity index (χ4n) is 1.36. The third-order valence-corrected chi connectivity index (χ3v) is 2.25. The molecule has 3 N–H and O–H groups in total. The number of nitrogens with two attached hydrogens (primary N) is 1. The number of nitrogen functional groups attached to an aromatic ring is 1. The van der Waals surface area contributed by atoms with Gasteiger partial charge >= 0.3 is 5.97 Å². The van der Waals surface area contributed by atoms with E-state index < -0.39 is 5.97 Å². The second kappa shape index (κ2) is 5.85. The molecule has 0 fully saturated rings. The van der Waals surface area contributed by atoms with E-state index in [0.29, 0.717) is 17.3 Å². The lowest BCUT2D eigenvalue weighted by atomic mass is 10.3. The molecule has 19 heavy (non-hydrogen) atoms. The van der Waals surface area contributed by atoms with Crippen molar-refractivity contribution < 1.29 is 14.3 Å². The molecular weight excluding hydrogens is 248 g/mol. The van der Waals surface area contributed by atoms with Gasteiger partial charge in [-0.05, 0) is 31.2 Å². The molecule has 2 aromatic rings. The number of benzene rings is 1. The second-order valence-corrected chi connectivity index (χ2v) is 3.68. The van der Waals surface area contributed by atoms with Gasteiger partial charge in [0.25, 0.3) is 5.82 Å². The summed E-state index contributed by atoms with van der Waals surface area (Å²) < 4.78 is 10.2. The highest BCUT2D eigenvalue weighted by atomic mass is 16.5.